The van der Waals surface area contributed by atoms with Gasteiger partial charge < -0.3 is 4.74 Å². The van der Waals surface area contributed by atoms with E-state index in [-0.39, 0.29) is 4.90 Å². The minimum absolute atomic E-state index is 0.168. The molecule has 0 spiro atoms. The van der Waals surface area contributed by atoms with E-state index in [0.29, 0.717) is 18.2 Å². The summed E-state index contributed by atoms with van der Waals surface area (Å²) in [6.45, 7) is 6.72. The first-order valence-electron chi connectivity index (χ1n) is 9.80. The minimum atomic E-state index is -3.78. The van der Waals surface area contributed by atoms with E-state index < -0.39 is 10.0 Å². The van der Waals surface area contributed by atoms with Crippen molar-refractivity contribution in [3.63, 3.8) is 0 Å². The molecule has 6 heteroatoms. The molecule has 5 nitrogen and oxygen atoms in total. The number of aryl methyl sites for hydroxylation is 1. The lowest BCUT2D eigenvalue weighted by Crippen LogP contribution is -2.21. The maximum Gasteiger partial charge on any atom is 0.276 e. The molecule has 3 aromatic rings. The van der Waals surface area contributed by atoms with Gasteiger partial charge in [-0.25, -0.2) is 0 Å². The van der Waals surface area contributed by atoms with Gasteiger partial charge in [-0.05, 0) is 49.2 Å². The molecule has 0 bridgehead atoms. The van der Waals surface area contributed by atoms with Gasteiger partial charge in [-0.1, -0.05) is 61.9 Å². The number of ether oxygens (including phenoxy) is 1. The van der Waals surface area contributed by atoms with Crippen LogP contribution in [0.5, 0.6) is 5.75 Å². The summed E-state index contributed by atoms with van der Waals surface area (Å²) in [7, 11) is -3.78. The second-order valence-electron chi connectivity index (χ2n) is 7.46. The van der Waals surface area contributed by atoms with E-state index in [1.165, 1.54) is 0 Å². The summed E-state index contributed by atoms with van der Waals surface area (Å²) in [6.07, 6.45) is 0. The zero-order valence-electron chi connectivity index (χ0n) is 17.4. The van der Waals surface area contributed by atoms with Crippen LogP contribution in [0.1, 0.15) is 30.5 Å². The Morgan fingerprint density at radius 2 is 1.50 bits per heavy atom. The first kappa shape index (κ1) is 21.6. The fourth-order valence-corrected chi connectivity index (χ4v) is 3.55. The largest absolute Gasteiger partial charge is 0.493 e. The molecule has 0 fully saturated rings. The highest BCUT2D eigenvalue weighted by Gasteiger charge is 2.14. The standard InChI is InChI=1S/C24H26N2O3S/c1-18(2)17-29-22-13-11-21(12-14-22)24(20-7-5-4-6-8-20)25-26-30(27,28)23-15-9-19(3)10-16-23/h4-16,18,26H,17H2,1-3H3. The van der Waals surface area contributed by atoms with Crippen LogP contribution in [0.15, 0.2) is 88.9 Å². The van der Waals surface area contributed by atoms with Crippen LogP contribution in [0.3, 0.4) is 0 Å². The summed E-state index contributed by atoms with van der Waals surface area (Å²) in [5, 5.41) is 4.28. The van der Waals surface area contributed by atoms with Crippen molar-refractivity contribution in [1.82, 2.24) is 4.83 Å². The molecule has 0 radical (unpaired) electrons. The average molecular weight is 423 g/mol. The van der Waals surface area contributed by atoms with Crippen LogP contribution >= 0.6 is 0 Å². The first-order chi connectivity index (χ1) is 14.3. The van der Waals surface area contributed by atoms with Gasteiger partial charge in [0.15, 0.2) is 0 Å². The predicted octanol–water partition coefficient (Wildman–Crippen LogP) is 4.76. The Bertz CT molecular complexity index is 1090. The maximum absolute atomic E-state index is 12.7. The Hall–Kier alpha value is -3.12. The van der Waals surface area contributed by atoms with E-state index in [2.05, 4.69) is 23.8 Å². The monoisotopic (exact) mass is 422 g/mol. The van der Waals surface area contributed by atoms with E-state index in [1.807, 2.05) is 61.5 Å². The summed E-state index contributed by atoms with van der Waals surface area (Å²) >= 11 is 0. The Labute approximate surface area is 178 Å². The highest BCUT2D eigenvalue weighted by atomic mass is 32.2. The second kappa shape index (κ2) is 9.59. The topological polar surface area (TPSA) is 67.8 Å². The van der Waals surface area contributed by atoms with E-state index >= 15 is 0 Å². The van der Waals surface area contributed by atoms with Gasteiger partial charge in [-0.15, -0.1) is 0 Å². The Balaban J connectivity index is 1.91. The Morgan fingerprint density at radius 3 is 2.10 bits per heavy atom. The molecule has 0 unspecified atom stereocenters. The lowest BCUT2D eigenvalue weighted by Gasteiger charge is -2.11. The van der Waals surface area contributed by atoms with Gasteiger partial charge in [0.05, 0.1) is 17.2 Å². The Kier molecular flexibility index (Phi) is 6.90. The van der Waals surface area contributed by atoms with Crippen molar-refractivity contribution in [3.05, 3.63) is 95.6 Å². The summed E-state index contributed by atoms with van der Waals surface area (Å²) in [5.41, 5.74) is 3.11. The number of sulfonamides is 1. The summed E-state index contributed by atoms with van der Waals surface area (Å²) in [5.74, 6) is 1.20. The van der Waals surface area contributed by atoms with Gasteiger partial charge in [-0.2, -0.15) is 18.4 Å². The SMILES string of the molecule is Cc1ccc(S(=O)(=O)NN=C(c2ccccc2)c2ccc(OCC(C)C)cc2)cc1. The van der Waals surface area contributed by atoms with Crippen molar-refractivity contribution >= 4 is 15.7 Å². The molecule has 156 valence electrons. The fraction of sp³-hybridized carbons (Fsp3) is 0.208. The molecule has 3 rings (SSSR count). The predicted molar refractivity (Wildman–Crippen MR) is 120 cm³/mol. The molecule has 0 atom stereocenters. The number of benzene rings is 3. The van der Waals surface area contributed by atoms with Gasteiger partial charge in [-0.3, -0.25) is 0 Å². The smallest absolute Gasteiger partial charge is 0.276 e. The highest BCUT2D eigenvalue weighted by Crippen LogP contribution is 2.17. The van der Waals surface area contributed by atoms with Crippen molar-refractivity contribution in [1.29, 1.82) is 0 Å². The molecule has 0 saturated heterocycles. The van der Waals surface area contributed by atoms with Crippen molar-refractivity contribution in [2.24, 2.45) is 11.0 Å². The van der Waals surface area contributed by atoms with Crippen LogP contribution in [0.25, 0.3) is 0 Å². The summed E-state index contributed by atoms with van der Waals surface area (Å²) < 4.78 is 31.1. The van der Waals surface area contributed by atoms with Gasteiger partial charge >= 0.3 is 0 Å². The lowest BCUT2D eigenvalue weighted by molar-refractivity contribution is 0.271. The molecule has 0 aliphatic rings. The third-order valence-electron chi connectivity index (χ3n) is 4.37. The zero-order chi connectivity index (χ0) is 21.6. The molecule has 0 saturated carbocycles. The maximum atomic E-state index is 12.7. The van der Waals surface area contributed by atoms with Crippen molar-refractivity contribution in [2.75, 3.05) is 6.61 Å². The summed E-state index contributed by atoms with van der Waals surface area (Å²) in [4.78, 5) is 2.54. The number of hydrogen-bond donors (Lipinski definition) is 1. The molecule has 0 aliphatic carbocycles. The molecule has 1 N–H and O–H groups in total. The van der Waals surface area contributed by atoms with Crippen LogP contribution in [0.2, 0.25) is 0 Å². The Morgan fingerprint density at radius 1 is 0.900 bits per heavy atom. The summed E-state index contributed by atoms with van der Waals surface area (Å²) in [6, 6.07) is 23.6. The third kappa shape index (κ3) is 5.70. The van der Waals surface area contributed by atoms with Crippen molar-refractivity contribution < 1.29 is 13.2 Å². The van der Waals surface area contributed by atoms with Gasteiger partial charge in [0.2, 0.25) is 0 Å². The fourth-order valence-electron chi connectivity index (χ4n) is 2.74. The van der Waals surface area contributed by atoms with E-state index in [4.69, 9.17) is 4.74 Å². The third-order valence-corrected chi connectivity index (χ3v) is 5.59. The molecular weight excluding hydrogens is 396 g/mol. The van der Waals surface area contributed by atoms with Crippen LogP contribution in [0, 0.1) is 12.8 Å². The molecule has 0 aromatic heterocycles. The number of hydrogen-bond acceptors (Lipinski definition) is 4. The van der Waals surface area contributed by atoms with Crippen LogP contribution in [-0.4, -0.2) is 20.7 Å². The minimum Gasteiger partial charge on any atom is -0.493 e. The average Bonchev–Trinajstić information content (AvgIpc) is 2.74. The number of nitrogens with zero attached hydrogens (tertiary/aromatic N) is 1. The van der Waals surface area contributed by atoms with Gasteiger partial charge in [0.1, 0.15) is 5.75 Å². The number of rotatable bonds is 8. The van der Waals surface area contributed by atoms with Crippen LogP contribution in [0.4, 0.5) is 0 Å². The molecule has 0 aliphatic heterocycles. The van der Waals surface area contributed by atoms with E-state index in [0.717, 1.165) is 22.4 Å². The van der Waals surface area contributed by atoms with Crippen molar-refractivity contribution in [2.45, 2.75) is 25.7 Å². The van der Waals surface area contributed by atoms with Crippen molar-refractivity contribution in [3.8, 4) is 5.75 Å². The van der Waals surface area contributed by atoms with Crippen LogP contribution < -0.4 is 9.57 Å². The molecule has 0 heterocycles. The molecular formula is C24H26N2O3S. The quantitative estimate of drug-likeness (QED) is 0.420. The highest BCUT2D eigenvalue weighted by molar-refractivity contribution is 7.89. The zero-order valence-corrected chi connectivity index (χ0v) is 18.2. The molecule has 0 amide bonds. The number of nitrogens with one attached hydrogen (secondary N) is 1. The van der Waals surface area contributed by atoms with E-state index in [9.17, 15) is 8.42 Å². The first-order valence-corrected chi connectivity index (χ1v) is 11.3. The van der Waals surface area contributed by atoms with Gasteiger partial charge in [0, 0.05) is 11.1 Å². The molecule has 3 aromatic carbocycles. The second-order valence-corrected chi connectivity index (χ2v) is 9.12. The lowest BCUT2D eigenvalue weighted by atomic mass is 10.0. The van der Waals surface area contributed by atoms with Crippen LogP contribution in [-0.2, 0) is 10.0 Å². The normalized spacial score (nSPS) is 12.1. The van der Waals surface area contributed by atoms with E-state index in [1.54, 1.807) is 24.3 Å². The molecule has 30 heavy (non-hydrogen) atoms. The number of hydrazone groups is 1. The van der Waals surface area contributed by atoms with Gasteiger partial charge in [0.25, 0.3) is 10.0 Å².